The molecule has 1 aromatic carbocycles. The van der Waals surface area contributed by atoms with E-state index in [1.807, 2.05) is 36.4 Å². The van der Waals surface area contributed by atoms with E-state index in [1.165, 1.54) is 5.56 Å². The second kappa shape index (κ2) is 6.52. The normalized spacial score (nSPS) is 10.3. The van der Waals surface area contributed by atoms with Gasteiger partial charge in [-0.1, -0.05) is 22.9 Å². The van der Waals surface area contributed by atoms with E-state index < -0.39 is 0 Å². The van der Waals surface area contributed by atoms with E-state index in [0.29, 0.717) is 5.88 Å². The van der Waals surface area contributed by atoms with Gasteiger partial charge in [0.2, 0.25) is 5.88 Å². The Bertz CT molecular complexity index is 499. The molecular formula is C14H15BrN2O. The standard InChI is InChI=1S/C14H15BrN2O/c1-2-16-10-11-7-8-17-14(9-11)18-13-5-3-12(15)4-6-13/h3-9,16H,2,10H2,1H3. The topological polar surface area (TPSA) is 34.2 Å². The fourth-order valence-electron chi connectivity index (χ4n) is 1.51. The van der Waals surface area contributed by atoms with Crippen LogP contribution in [-0.4, -0.2) is 11.5 Å². The van der Waals surface area contributed by atoms with Gasteiger partial charge in [-0.3, -0.25) is 0 Å². The van der Waals surface area contributed by atoms with E-state index in [0.717, 1.165) is 23.3 Å². The molecule has 0 atom stereocenters. The third kappa shape index (κ3) is 3.82. The highest BCUT2D eigenvalue weighted by Gasteiger charge is 2.00. The van der Waals surface area contributed by atoms with Gasteiger partial charge in [-0.2, -0.15) is 0 Å². The van der Waals surface area contributed by atoms with Crippen LogP contribution in [0.3, 0.4) is 0 Å². The number of halogens is 1. The first-order chi connectivity index (χ1) is 8.78. The van der Waals surface area contributed by atoms with E-state index in [-0.39, 0.29) is 0 Å². The number of nitrogens with zero attached hydrogens (tertiary/aromatic N) is 1. The Kier molecular flexibility index (Phi) is 4.73. The molecule has 0 bridgehead atoms. The zero-order chi connectivity index (χ0) is 12.8. The number of ether oxygens (including phenoxy) is 1. The zero-order valence-electron chi connectivity index (χ0n) is 10.2. The Morgan fingerprint density at radius 1 is 1.22 bits per heavy atom. The third-order valence-corrected chi connectivity index (χ3v) is 2.94. The summed E-state index contributed by atoms with van der Waals surface area (Å²) >= 11 is 3.39. The van der Waals surface area contributed by atoms with Crippen molar-refractivity contribution in [1.82, 2.24) is 10.3 Å². The molecule has 0 spiro atoms. The number of benzene rings is 1. The minimum absolute atomic E-state index is 0.618. The number of aromatic nitrogens is 1. The first-order valence-corrected chi connectivity index (χ1v) is 6.66. The maximum absolute atomic E-state index is 5.69. The molecular weight excluding hydrogens is 292 g/mol. The zero-order valence-corrected chi connectivity index (χ0v) is 11.8. The summed E-state index contributed by atoms with van der Waals surface area (Å²) in [7, 11) is 0. The van der Waals surface area contributed by atoms with Gasteiger partial charge in [0.05, 0.1) is 0 Å². The summed E-state index contributed by atoms with van der Waals surface area (Å²) in [6.07, 6.45) is 1.76. The smallest absolute Gasteiger partial charge is 0.219 e. The number of rotatable bonds is 5. The van der Waals surface area contributed by atoms with E-state index in [2.05, 4.69) is 33.2 Å². The van der Waals surface area contributed by atoms with Crippen LogP contribution in [0.15, 0.2) is 47.1 Å². The first-order valence-electron chi connectivity index (χ1n) is 5.87. The van der Waals surface area contributed by atoms with Gasteiger partial charge in [0.1, 0.15) is 5.75 Å². The third-order valence-electron chi connectivity index (χ3n) is 2.41. The molecule has 0 radical (unpaired) electrons. The van der Waals surface area contributed by atoms with Crippen LogP contribution in [0.2, 0.25) is 0 Å². The number of hydrogen-bond donors (Lipinski definition) is 1. The molecule has 0 aliphatic carbocycles. The molecule has 94 valence electrons. The Morgan fingerprint density at radius 2 is 2.00 bits per heavy atom. The van der Waals surface area contributed by atoms with Crippen molar-refractivity contribution in [2.24, 2.45) is 0 Å². The summed E-state index contributed by atoms with van der Waals surface area (Å²) in [5, 5.41) is 3.27. The van der Waals surface area contributed by atoms with Crippen LogP contribution in [0.25, 0.3) is 0 Å². The molecule has 2 aromatic rings. The Labute approximate surface area is 115 Å². The summed E-state index contributed by atoms with van der Waals surface area (Å²) in [6, 6.07) is 11.6. The van der Waals surface area contributed by atoms with Crippen LogP contribution < -0.4 is 10.1 Å². The minimum atomic E-state index is 0.618. The highest BCUT2D eigenvalue weighted by atomic mass is 79.9. The van der Waals surface area contributed by atoms with Crippen LogP contribution in [0.5, 0.6) is 11.6 Å². The minimum Gasteiger partial charge on any atom is -0.439 e. The lowest BCUT2D eigenvalue weighted by molar-refractivity contribution is 0.461. The fourth-order valence-corrected chi connectivity index (χ4v) is 1.77. The van der Waals surface area contributed by atoms with Crippen LogP contribution in [-0.2, 0) is 6.54 Å². The van der Waals surface area contributed by atoms with E-state index in [1.54, 1.807) is 6.20 Å². The van der Waals surface area contributed by atoms with Crippen LogP contribution in [0.1, 0.15) is 12.5 Å². The molecule has 4 heteroatoms. The van der Waals surface area contributed by atoms with Gasteiger partial charge in [0.15, 0.2) is 0 Å². The van der Waals surface area contributed by atoms with Crippen molar-refractivity contribution in [1.29, 1.82) is 0 Å². The molecule has 0 saturated heterocycles. The molecule has 0 fully saturated rings. The predicted molar refractivity (Wildman–Crippen MR) is 75.8 cm³/mol. The summed E-state index contributed by atoms with van der Waals surface area (Å²) in [4.78, 5) is 4.20. The van der Waals surface area contributed by atoms with Gasteiger partial charge < -0.3 is 10.1 Å². The second-order valence-electron chi connectivity index (χ2n) is 3.84. The van der Waals surface area contributed by atoms with E-state index in [4.69, 9.17) is 4.74 Å². The lowest BCUT2D eigenvalue weighted by Crippen LogP contribution is -2.11. The molecule has 0 saturated carbocycles. The summed E-state index contributed by atoms with van der Waals surface area (Å²) in [5.41, 5.74) is 1.17. The summed E-state index contributed by atoms with van der Waals surface area (Å²) in [6.45, 7) is 3.86. The molecule has 0 unspecified atom stereocenters. The number of pyridine rings is 1. The lowest BCUT2D eigenvalue weighted by atomic mass is 10.2. The molecule has 3 nitrogen and oxygen atoms in total. The van der Waals surface area contributed by atoms with Crippen molar-refractivity contribution in [3.05, 3.63) is 52.6 Å². The van der Waals surface area contributed by atoms with Gasteiger partial charge in [-0.25, -0.2) is 4.98 Å². The lowest BCUT2D eigenvalue weighted by Gasteiger charge is -2.07. The molecule has 0 amide bonds. The molecule has 1 heterocycles. The maximum Gasteiger partial charge on any atom is 0.219 e. The van der Waals surface area contributed by atoms with Crippen LogP contribution in [0.4, 0.5) is 0 Å². The van der Waals surface area contributed by atoms with E-state index >= 15 is 0 Å². The van der Waals surface area contributed by atoms with E-state index in [9.17, 15) is 0 Å². The molecule has 18 heavy (non-hydrogen) atoms. The van der Waals surface area contributed by atoms with Crippen molar-refractivity contribution in [2.45, 2.75) is 13.5 Å². The molecule has 2 rings (SSSR count). The molecule has 0 aliphatic rings. The Hall–Kier alpha value is -1.39. The van der Waals surface area contributed by atoms with Crippen molar-refractivity contribution in [3.8, 4) is 11.6 Å². The van der Waals surface area contributed by atoms with Crippen molar-refractivity contribution in [3.63, 3.8) is 0 Å². The first kappa shape index (κ1) is 13.1. The Balaban J connectivity index is 2.06. The Morgan fingerprint density at radius 3 is 2.72 bits per heavy atom. The summed E-state index contributed by atoms with van der Waals surface area (Å²) in [5.74, 6) is 1.40. The number of nitrogens with one attached hydrogen (secondary N) is 1. The SMILES string of the molecule is CCNCc1ccnc(Oc2ccc(Br)cc2)c1. The monoisotopic (exact) mass is 306 g/mol. The predicted octanol–water partition coefficient (Wildman–Crippen LogP) is 3.75. The maximum atomic E-state index is 5.69. The average Bonchev–Trinajstić information content (AvgIpc) is 2.40. The molecule has 0 aliphatic heterocycles. The van der Waals surface area contributed by atoms with Gasteiger partial charge >= 0.3 is 0 Å². The van der Waals surface area contributed by atoms with Crippen molar-refractivity contribution in [2.75, 3.05) is 6.54 Å². The van der Waals surface area contributed by atoms with Crippen LogP contribution >= 0.6 is 15.9 Å². The van der Waals surface area contributed by atoms with Crippen LogP contribution in [0, 0.1) is 0 Å². The highest BCUT2D eigenvalue weighted by Crippen LogP contribution is 2.22. The van der Waals surface area contributed by atoms with Crippen molar-refractivity contribution < 1.29 is 4.74 Å². The fraction of sp³-hybridized carbons (Fsp3) is 0.214. The van der Waals surface area contributed by atoms with Gasteiger partial charge in [0.25, 0.3) is 0 Å². The van der Waals surface area contributed by atoms with Gasteiger partial charge in [-0.05, 0) is 42.4 Å². The highest BCUT2D eigenvalue weighted by molar-refractivity contribution is 9.10. The van der Waals surface area contributed by atoms with Gasteiger partial charge in [-0.15, -0.1) is 0 Å². The van der Waals surface area contributed by atoms with Gasteiger partial charge in [0, 0.05) is 23.3 Å². The molecule has 1 N–H and O–H groups in total. The molecule has 1 aromatic heterocycles. The van der Waals surface area contributed by atoms with Crippen molar-refractivity contribution >= 4 is 15.9 Å². The summed E-state index contributed by atoms with van der Waals surface area (Å²) < 4.78 is 6.73. The second-order valence-corrected chi connectivity index (χ2v) is 4.75. The largest absolute Gasteiger partial charge is 0.439 e. The quantitative estimate of drug-likeness (QED) is 0.913. The average molecular weight is 307 g/mol. The number of hydrogen-bond acceptors (Lipinski definition) is 3.